The van der Waals surface area contributed by atoms with Gasteiger partial charge in [0.1, 0.15) is 23.5 Å². The molecule has 1 atom stereocenters. The lowest BCUT2D eigenvalue weighted by Gasteiger charge is -2.14. The van der Waals surface area contributed by atoms with Crippen LogP contribution >= 0.6 is 23.2 Å². The summed E-state index contributed by atoms with van der Waals surface area (Å²) in [6.45, 7) is 3.74. The molecular weight excluding hydrogens is 273 g/mol. The predicted octanol–water partition coefficient (Wildman–Crippen LogP) is 3.12. The summed E-state index contributed by atoms with van der Waals surface area (Å²) in [6, 6.07) is 5.18. The molecule has 1 aromatic rings. The normalized spacial score (nSPS) is 12.4. The van der Waals surface area contributed by atoms with Crippen LogP contribution in [-0.4, -0.2) is 30.9 Å². The molecule has 0 heterocycles. The van der Waals surface area contributed by atoms with Gasteiger partial charge in [0.05, 0.1) is 5.02 Å². The summed E-state index contributed by atoms with van der Waals surface area (Å²) in [4.78, 5) is 0. The zero-order chi connectivity index (χ0) is 13.4. The number of hydrogen-bond donors (Lipinski definition) is 2. The van der Waals surface area contributed by atoms with Crippen molar-refractivity contribution >= 4 is 23.2 Å². The fourth-order valence-electron chi connectivity index (χ4n) is 1.41. The molecule has 0 spiro atoms. The van der Waals surface area contributed by atoms with Crippen LogP contribution in [0.15, 0.2) is 18.2 Å². The lowest BCUT2D eigenvalue weighted by Crippen LogP contribution is -2.32. The SMILES string of the molecule is CCCCNCC(O)COc1cccc(Cl)c1Cl. The predicted molar refractivity (Wildman–Crippen MR) is 75.7 cm³/mol. The monoisotopic (exact) mass is 291 g/mol. The van der Waals surface area contributed by atoms with Crippen LogP contribution in [-0.2, 0) is 0 Å². The van der Waals surface area contributed by atoms with Crippen LogP contribution in [0.2, 0.25) is 10.0 Å². The summed E-state index contributed by atoms with van der Waals surface area (Å²) < 4.78 is 5.43. The lowest BCUT2D eigenvalue weighted by atomic mass is 10.3. The molecule has 0 aromatic heterocycles. The minimum Gasteiger partial charge on any atom is -0.489 e. The molecule has 0 bridgehead atoms. The Kier molecular flexibility index (Phi) is 7.44. The van der Waals surface area contributed by atoms with Gasteiger partial charge in [0.2, 0.25) is 0 Å². The highest BCUT2D eigenvalue weighted by molar-refractivity contribution is 6.42. The number of unbranched alkanes of at least 4 members (excludes halogenated alkanes) is 1. The van der Waals surface area contributed by atoms with Crippen LogP contribution in [0.1, 0.15) is 19.8 Å². The fraction of sp³-hybridized carbons (Fsp3) is 0.538. The van der Waals surface area contributed by atoms with Gasteiger partial charge in [0.25, 0.3) is 0 Å². The maximum atomic E-state index is 9.71. The van der Waals surface area contributed by atoms with Crippen LogP contribution in [0.25, 0.3) is 0 Å². The summed E-state index contributed by atoms with van der Waals surface area (Å²) in [6.07, 6.45) is 1.68. The second-order valence-electron chi connectivity index (χ2n) is 4.07. The first-order valence-electron chi connectivity index (χ1n) is 6.10. The third-order valence-corrected chi connectivity index (χ3v) is 3.24. The zero-order valence-electron chi connectivity index (χ0n) is 10.5. The van der Waals surface area contributed by atoms with Gasteiger partial charge in [-0.15, -0.1) is 0 Å². The van der Waals surface area contributed by atoms with Gasteiger partial charge in [0, 0.05) is 6.54 Å². The maximum absolute atomic E-state index is 9.71. The fourth-order valence-corrected chi connectivity index (χ4v) is 1.76. The lowest BCUT2D eigenvalue weighted by molar-refractivity contribution is 0.106. The van der Waals surface area contributed by atoms with E-state index in [9.17, 15) is 5.11 Å². The zero-order valence-corrected chi connectivity index (χ0v) is 12.0. The first-order valence-corrected chi connectivity index (χ1v) is 6.86. The number of nitrogens with one attached hydrogen (secondary N) is 1. The second kappa shape index (κ2) is 8.59. The molecule has 1 rings (SSSR count). The first-order chi connectivity index (χ1) is 8.65. The van der Waals surface area contributed by atoms with Crippen molar-refractivity contribution in [1.82, 2.24) is 5.32 Å². The van der Waals surface area contributed by atoms with E-state index in [4.69, 9.17) is 27.9 Å². The van der Waals surface area contributed by atoms with Crippen molar-refractivity contribution in [1.29, 1.82) is 0 Å². The van der Waals surface area contributed by atoms with E-state index in [0.29, 0.717) is 22.3 Å². The van der Waals surface area contributed by atoms with Gasteiger partial charge >= 0.3 is 0 Å². The molecule has 0 amide bonds. The van der Waals surface area contributed by atoms with Gasteiger partial charge in [-0.3, -0.25) is 0 Å². The van der Waals surface area contributed by atoms with Gasteiger partial charge in [-0.05, 0) is 25.1 Å². The van der Waals surface area contributed by atoms with Crippen molar-refractivity contribution in [3.63, 3.8) is 0 Å². The van der Waals surface area contributed by atoms with Crippen LogP contribution in [0, 0.1) is 0 Å². The van der Waals surface area contributed by atoms with E-state index in [1.807, 2.05) is 0 Å². The Labute approximate surface area is 118 Å². The summed E-state index contributed by atoms with van der Waals surface area (Å²) in [5.41, 5.74) is 0. The molecule has 2 N–H and O–H groups in total. The molecule has 1 aromatic carbocycles. The molecule has 0 aliphatic heterocycles. The first kappa shape index (κ1) is 15.6. The third kappa shape index (κ3) is 5.44. The molecule has 5 heteroatoms. The molecule has 0 radical (unpaired) electrons. The molecule has 0 fully saturated rings. The largest absolute Gasteiger partial charge is 0.489 e. The van der Waals surface area contributed by atoms with Crippen molar-refractivity contribution in [2.45, 2.75) is 25.9 Å². The van der Waals surface area contributed by atoms with Gasteiger partial charge < -0.3 is 15.2 Å². The molecule has 0 saturated carbocycles. The number of halogens is 2. The van der Waals surface area contributed by atoms with Crippen molar-refractivity contribution in [2.75, 3.05) is 19.7 Å². The molecule has 3 nitrogen and oxygen atoms in total. The van der Waals surface area contributed by atoms with E-state index in [0.717, 1.165) is 19.4 Å². The van der Waals surface area contributed by atoms with E-state index < -0.39 is 6.10 Å². The molecular formula is C13H19Cl2NO2. The Morgan fingerprint density at radius 3 is 2.89 bits per heavy atom. The van der Waals surface area contributed by atoms with Gasteiger partial charge in [-0.1, -0.05) is 42.6 Å². The summed E-state index contributed by atoms with van der Waals surface area (Å²) >= 11 is 11.8. The van der Waals surface area contributed by atoms with Gasteiger partial charge in [0.15, 0.2) is 0 Å². The summed E-state index contributed by atoms with van der Waals surface area (Å²) in [5, 5.41) is 13.7. The number of aliphatic hydroxyl groups is 1. The van der Waals surface area contributed by atoms with E-state index in [1.165, 1.54) is 0 Å². The van der Waals surface area contributed by atoms with Gasteiger partial charge in [-0.2, -0.15) is 0 Å². The third-order valence-electron chi connectivity index (χ3n) is 2.43. The van der Waals surface area contributed by atoms with Crippen LogP contribution in [0.4, 0.5) is 0 Å². The second-order valence-corrected chi connectivity index (χ2v) is 4.86. The Bertz CT molecular complexity index is 361. The van der Waals surface area contributed by atoms with E-state index >= 15 is 0 Å². The molecule has 0 aliphatic carbocycles. The Morgan fingerprint density at radius 1 is 1.39 bits per heavy atom. The number of ether oxygens (including phenoxy) is 1. The smallest absolute Gasteiger partial charge is 0.139 e. The highest BCUT2D eigenvalue weighted by atomic mass is 35.5. The highest BCUT2D eigenvalue weighted by Gasteiger charge is 2.08. The van der Waals surface area contributed by atoms with E-state index in [1.54, 1.807) is 18.2 Å². The van der Waals surface area contributed by atoms with Gasteiger partial charge in [-0.25, -0.2) is 0 Å². The van der Waals surface area contributed by atoms with Crippen molar-refractivity contribution in [2.24, 2.45) is 0 Å². The standard InChI is InChI=1S/C13H19Cl2NO2/c1-2-3-7-16-8-10(17)9-18-12-6-4-5-11(14)13(12)15/h4-6,10,16-17H,2-3,7-9H2,1H3. The quantitative estimate of drug-likeness (QED) is 0.723. The minimum absolute atomic E-state index is 0.194. The maximum Gasteiger partial charge on any atom is 0.139 e. The molecule has 1 unspecified atom stereocenters. The van der Waals surface area contributed by atoms with Crippen molar-refractivity contribution in [3.8, 4) is 5.75 Å². The Morgan fingerprint density at radius 2 is 2.17 bits per heavy atom. The molecule has 18 heavy (non-hydrogen) atoms. The topological polar surface area (TPSA) is 41.5 Å². The number of aliphatic hydroxyl groups excluding tert-OH is 1. The summed E-state index contributed by atoms with van der Waals surface area (Å²) in [7, 11) is 0. The van der Waals surface area contributed by atoms with Crippen LogP contribution in [0.3, 0.4) is 0 Å². The Balaban J connectivity index is 2.29. The number of rotatable bonds is 8. The van der Waals surface area contributed by atoms with Crippen molar-refractivity contribution < 1.29 is 9.84 Å². The molecule has 0 aliphatic rings. The minimum atomic E-state index is -0.558. The van der Waals surface area contributed by atoms with Crippen LogP contribution in [0.5, 0.6) is 5.75 Å². The number of hydrogen-bond acceptors (Lipinski definition) is 3. The molecule has 0 saturated heterocycles. The number of benzene rings is 1. The van der Waals surface area contributed by atoms with Crippen LogP contribution < -0.4 is 10.1 Å². The highest BCUT2D eigenvalue weighted by Crippen LogP contribution is 2.31. The molecule has 102 valence electrons. The summed E-state index contributed by atoms with van der Waals surface area (Å²) in [5.74, 6) is 0.497. The van der Waals surface area contributed by atoms with E-state index in [-0.39, 0.29) is 6.61 Å². The Hall–Kier alpha value is -0.480. The average Bonchev–Trinajstić information content (AvgIpc) is 2.36. The van der Waals surface area contributed by atoms with Crippen molar-refractivity contribution in [3.05, 3.63) is 28.2 Å². The van der Waals surface area contributed by atoms with E-state index in [2.05, 4.69) is 12.2 Å². The average molecular weight is 292 g/mol.